The van der Waals surface area contributed by atoms with Gasteiger partial charge < -0.3 is 5.32 Å². The van der Waals surface area contributed by atoms with Gasteiger partial charge in [0.1, 0.15) is 0 Å². The highest BCUT2D eigenvalue weighted by molar-refractivity contribution is 4.94. The molecule has 1 heteroatoms. The van der Waals surface area contributed by atoms with Gasteiger partial charge in [-0.15, -0.1) is 0 Å². The largest absolute Gasteiger partial charge is 0.311 e. The molecule has 1 fully saturated rings. The summed E-state index contributed by atoms with van der Waals surface area (Å²) in [5, 5.41) is 3.77. The zero-order chi connectivity index (χ0) is 9.84. The van der Waals surface area contributed by atoms with Gasteiger partial charge >= 0.3 is 0 Å². The number of hydrogen-bond donors (Lipinski definition) is 1. The lowest BCUT2D eigenvalue weighted by Crippen LogP contribution is -2.35. The Hall–Kier alpha value is -0.0400. The Morgan fingerprint density at radius 1 is 1.31 bits per heavy atom. The van der Waals surface area contributed by atoms with Crippen LogP contribution < -0.4 is 5.32 Å². The fourth-order valence-corrected chi connectivity index (χ4v) is 2.20. The first-order valence-electron chi connectivity index (χ1n) is 5.95. The Kier molecular flexibility index (Phi) is 4.24. The van der Waals surface area contributed by atoms with Crippen molar-refractivity contribution in [3.63, 3.8) is 0 Å². The Morgan fingerprint density at radius 2 is 2.00 bits per heavy atom. The monoisotopic (exact) mass is 183 g/mol. The first-order chi connectivity index (χ1) is 6.19. The predicted molar refractivity (Wildman–Crippen MR) is 58.9 cm³/mol. The summed E-state index contributed by atoms with van der Waals surface area (Å²) in [7, 11) is 0. The third kappa shape index (κ3) is 3.30. The van der Waals surface area contributed by atoms with Crippen molar-refractivity contribution in [3.8, 4) is 0 Å². The highest BCUT2D eigenvalue weighted by Gasteiger charge is 2.37. The molecular weight excluding hydrogens is 158 g/mol. The van der Waals surface area contributed by atoms with Crippen molar-refractivity contribution in [1.82, 2.24) is 5.32 Å². The number of rotatable bonds is 6. The van der Waals surface area contributed by atoms with Crippen LogP contribution in [0.2, 0.25) is 0 Å². The van der Waals surface area contributed by atoms with Crippen molar-refractivity contribution < 1.29 is 0 Å². The van der Waals surface area contributed by atoms with E-state index in [9.17, 15) is 0 Å². The van der Waals surface area contributed by atoms with E-state index < -0.39 is 0 Å². The Labute approximate surface area is 83.3 Å². The summed E-state index contributed by atoms with van der Waals surface area (Å²) in [6.45, 7) is 9.21. The maximum absolute atomic E-state index is 3.77. The van der Waals surface area contributed by atoms with E-state index in [-0.39, 0.29) is 0 Å². The van der Waals surface area contributed by atoms with E-state index in [2.05, 4.69) is 33.0 Å². The lowest BCUT2D eigenvalue weighted by Gasteiger charge is -2.20. The van der Waals surface area contributed by atoms with Crippen LogP contribution in [-0.4, -0.2) is 12.1 Å². The fourth-order valence-electron chi connectivity index (χ4n) is 2.20. The van der Waals surface area contributed by atoms with Crippen LogP contribution in [0.25, 0.3) is 0 Å². The smallest absolute Gasteiger partial charge is 0.0102 e. The number of hydrogen-bond acceptors (Lipinski definition) is 1. The van der Waals surface area contributed by atoms with Gasteiger partial charge in [-0.3, -0.25) is 0 Å². The molecule has 13 heavy (non-hydrogen) atoms. The van der Waals surface area contributed by atoms with E-state index in [4.69, 9.17) is 0 Å². The molecular formula is C12H25N. The third-order valence-electron chi connectivity index (χ3n) is 3.25. The molecule has 0 amide bonds. The first-order valence-corrected chi connectivity index (χ1v) is 5.95. The van der Waals surface area contributed by atoms with Crippen LogP contribution in [0.1, 0.15) is 53.4 Å². The quantitative estimate of drug-likeness (QED) is 0.667. The van der Waals surface area contributed by atoms with E-state index in [1.807, 2.05) is 0 Å². The molecule has 1 rings (SSSR count). The van der Waals surface area contributed by atoms with Crippen LogP contribution >= 0.6 is 0 Å². The van der Waals surface area contributed by atoms with Gasteiger partial charge in [0.25, 0.3) is 0 Å². The molecule has 0 aromatic heterocycles. The SMILES string of the molecule is CCCC1CC1NC(CC)C(C)C. The van der Waals surface area contributed by atoms with Gasteiger partial charge in [-0.25, -0.2) is 0 Å². The molecule has 0 radical (unpaired) electrons. The lowest BCUT2D eigenvalue weighted by atomic mass is 10.0. The second kappa shape index (κ2) is 4.99. The minimum absolute atomic E-state index is 0.742. The Bertz CT molecular complexity index is 142. The molecule has 1 saturated carbocycles. The van der Waals surface area contributed by atoms with Crippen molar-refractivity contribution in [1.29, 1.82) is 0 Å². The van der Waals surface area contributed by atoms with Crippen molar-refractivity contribution in [2.45, 2.75) is 65.5 Å². The molecule has 1 N–H and O–H groups in total. The molecule has 78 valence electrons. The topological polar surface area (TPSA) is 12.0 Å². The van der Waals surface area contributed by atoms with Gasteiger partial charge in [-0.05, 0) is 31.1 Å². The molecule has 0 spiro atoms. The zero-order valence-electron chi connectivity index (χ0n) is 9.64. The minimum atomic E-state index is 0.742. The first kappa shape index (κ1) is 11.0. The maximum atomic E-state index is 3.77. The van der Waals surface area contributed by atoms with Crippen LogP contribution in [0, 0.1) is 11.8 Å². The fraction of sp³-hybridized carbons (Fsp3) is 1.00. The van der Waals surface area contributed by atoms with E-state index in [0.29, 0.717) is 0 Å². The van der Waals surface area contributed by atoms with Crippen molar-refractivity contribution in [2.24, 2.45) is 11.8 Å². The van der Waals surface area contributed by atoms with E-state index in [1.165, 1.54) is 25.7 Å². The van der Waals surface area contributed by atoms with Crippen LogP contribution in [0.15, 0.2) is 0 Å². The van der Waals surface area contributed by atoms with Crippen molar-refractivity contribution in [3.05, 3.63) is 0 Å². The molecule has 1 aliphatic rings. The molecule has 0 aromatic carbocycles. The summed E-state index contributed by atoms with van der Waals surface area (Å²) in [5.41, 5.74) is 0. The van der Waals surface area contributed by atoms with Crippen LogP contribution in [0.5, 0.6) is 0 Å². The maximum Gasteiger partial charge on any atom is 0.0102 e. The summed E-state index contributed by atoms with van der Waals surface area (Å²) >= 11 is 0. The molecule has 0 saturated heterocycles. The molecule has 1 nitrogen and oxygen atoms in total. The highest BCUT2D eigenvalue weighted by atomic mass is 15.0. The normalized spacial score (nSPS) is 29.3. The van der Waals surface area contributed by atoms with E-state index in [1.54, 1.807) is 0 Å². The Morgan fingerprint density at radius 3 is 2.46 bits per heavy atom. The molecule has 3 unspecified atom stereocenters. The van der Waals surface area contributed by atoms with Gasteiger partial charge in [0.05, 0.1) is 0 Å². The summed E-state index contributed by atoms with van der Waals surface area (Å²) in [5.74, 6) is 1.78. The second-order valence-electron chi connectivity index (χ2n) is 4.82. The lowest BCUT2D eigenvalue weighted by molar-refractivity contribution is 0.377. The van der Waals surface area contributed by atoms with Gasteiger partial charge in [-0.2, -0.15) is 0 Å². The predicted octanol–water partition coefficient (Wildman–Crippen LogP) is 3.20. The van der Waals surface area contributed by atoms with Crippen LogP contribution in [0.4, 0.5) is 0 Å². The second-order valence-corrected chi connectivity index (χ2v) is 4.82. The average molecular weight is 183 g/mol. The number of nitrogens with one attached hydrogen (secondary N) is 1. The van der Waals surface area contributed by atoms with Gasteiger partial charge in [0.2, 0.25) is 0 Å². The summed E-state index contributed by atoms with van der Waals surface area (Å²) in [4.78, 5) is 0. The molecule has 0 bridgehead atoms. The van der Waals surface area contributed by atoms with Crippen molar-refractivity contribution in [2.75, 3.05) is 0 Å². The van der Waals surface area contributed by atoms with Crippen molar-refractivity contribution >= 4 is 0 Å². The summed E-state index contributed by atoms with van der Waals surface area (Å²) in [6.07, 6.45) is 5.47. The molecule has 3 atom stereocenters. The summed E-state index contributed by atoms with van der Waals surface area (Å²) < 4.78 is 0. The molecule has 0 aliphatic heterocycles. The minimum Gasteiger partial charge on any atom is -0.311 e. The molecule has 0 heterocycles. The standard InChI is InChI=1S/C12H25N/c1-5-7-10-8-12(10)13-11(6-2)9(3)4/h9-13H,5-8H2,1-4H3. The highest BCUT2D eigenvalue weighted by Crippen LogP contribution is 2.35. The third-order valence-corrected chi connectivity index (χ3v) is 3.25. The van der Waals surface area contributed by atoms with Gasteiger partial charge in [0.15, 0.2) is 0 Å². The summed E-state index contributed by atoms with van der Waals surface area (Å²) in [6, 6.07) is 1.60. The van der Waals surface area contributed by atoms with E-state index >= 15 is 0 Å². The molecule has 0 aromatic rings. The van der Waals surface area contributed by atoms with E-state index in [0.717, 1.165) is 23.9 Å². The Balaban J connectivity index is 2.18. The average Bonchev–Trinajstić information content (AvgIpc) is 2.79. The van der Waals surface area contributed by atoms with Gasteiger partial charge in [0, 0.05) is 12.1 Å². The molecule has 1 aliphatic carbocycles. The van der Waals surface area contributed by atoms with Crippen LogP contribution in [0.3, 0.4) is 0 Å². The van der Waals surface area contributed by atoms with Gasteiger partial charge in [-0.1, -0.05) is 34.1 Å². The zero-order valence-corrected chi connectivity index (χ0v) is 9.64. The van der Waals surface area contributed by atoms with Crippen LogP contribution in [-0.2, 0) is 0 Å².